The molecule has 82 valence electrons. The van der Waals surface area contributed by atoms with Crippen molar-refractivity contribution in [2.75, 3.05) is 14.2 Å². The van der Waals surface area contributed by atoms with Crippen LogP contribution in [0.3, 0.4) is 0 Å². The average molecular weight is 208 g/mol. The van der Waals surface area contributed by atoms with Gasteiger partial charge in [-0.1, -0.05) is 13.0 Å². The normalized spacial score (nSPS) is 11.9. The number of aldehydes is 1. The van der Waals surface area contributed by atoms with Crippen LogP contribution in [-0.4, -0.2) is 20.5 Å². The Morgan fingerprint density at radius 1 is 1.33 bits per heavy atom. The van der Waals surface area contributed by atoms with Gasteiger partial charge in [0.1, 0.15) is 17.8 Å². The first-order valence-corrected chi connectivity index (χ1v) is 4.88. The van der Waals surface area contributed by atoms with E-state index >= 15 is 0 Å². The Labute approximate surface area is 90.0 Å². The van der Waals surface area contributed by atoms with E-state index in [0.29, 0.717) is 6.42 Å². The fourth-order valence-corrected chi connectivity index (χ4v) is 1.50. The summed E-state index contributed by atoms with van der Waals surface area (Å²) >= 11 is 0. The molecular formula is C12H16O3. The van der Waals surface area contributed by atoms with Crippen molar-refractivity contribution in [1.82, 2.24) is 0 Å². The van der Waals surface area contributed by atoms with E-state index in [0.717, 1.165) is 23.3 Å². The Morgan fingerprint density at radius 3 is 2.60 bits per heavy atom. The van der Waals surface area contributed by atoms with Gasteiger partial charge in [0.05, 0.1) is 14.2 Å². The zero-order chi connectivity index (χ0) is 11.3. The molecule has 15 heavy (non-hydrogen) atoms. The maximum atomic E-state index is 10.4. The Balaban J connectivity index is 3.01. The predicted molar refractivity (Wildman–Crippen MR) is 58.6 cm³/mol. The number of carbonyl (C=O) groups is 1. The van der Waals surface area contributed by atoms with Gasteiger partial charge in [-0.05, 0) is 17.5 Å². The van der Waals surface area contributed by atoms with Crippen molar-refractivity contribution in [2.24, 2.45) is 0 Å². The monoisotopic (exact) mass is 208 g/mol. The van der Waals surface area contributed by atoms with E-state index in [1.807, 2.05) is 25.1 Å². The number of benzene rings is 1. The van der Waals surface area contributed by atoms with Crippen LogP contribution in [0.25, 0.3) is 0 Å². The minimum atomic E-state index is 0.170. The van der Waals surface area contributed by atoms with Crippen LogP contribution in [0.5, 0.6) is 11.5 Å². The molecule has 0 saturated heterocycles. The molecule has 3 heteroatoms. The van der Waals surface area contributed by atoms with Crippen molar-refractivity contribution in [3.63, 3.8) is 0 Å². The SMILES string of the molecule is COc1ccc(C(C)CC=O)c(OC)c1. The highest BCUT2D eigenvalue weighted by Gasteiger charge is 2.11. The quantitative estimate of drug-likeness (QED) is 0.697. The number of hydrogen-bond donors (Lipinski definition) is 0. The third-order valence-electron chi connectivity index (χ3n) is 2.42. The number of rotatable bonds is 5. The maximum Gasteiger partial charge on any atom is 0.126 e. The lowest BCUT2D eigenvalue weighted by atomic mass is 9.97. The third-order valence-corrected chi connectivity index (χ3v) is 2.42. The molecule has 1 aromatic carbocycles. The topological polar surface area (TPSA) is 35.5 Å². The Bertz CT molecular complexity index is 334. The van der Waals surface area contributed by atoms with E-state index in [9.17, 15) is 4.79 Å². The molecule has 0 aliphatic carbocycles. The zero-order valence-electron chi connectivity index (χ0n) is 9.32. The lowest BCUT2D eigenvalue weighted by molar-refractivity contribution is -0.108. The molecule has 0 radical (unpaired) electrons. The highest BCUT2D eigenvalue weighted by Crippen LogP contribution is 2.31. The standard InChI is InChI=1S/C12H16O3/c1-9(6-7-13)11-5-4-10(14-2)8-12(11)15-3/h4-5,7-9H,6H2,1-3H3. The van der Waals surface area contributed by atoms with E-state index in [4.69, 9.17) is 9.47 Å². The largest absolute Gasteiger partial charge is 0.497 e. The number of carbonyl (C=O) groups excluding carboxylic acids is 1. The van der Waals surface area contributed by atoms with E-state index in [1.54, 1.807) is 14.2 Å². The smallest absolute Gasteiger partial charge is 0.126 e. The summed E-state index contributed by atoms with van der Waals surface area (Å²) in [5.74, 6) is 1.70. The molecule has 0 fully saturated rings. The van der Waals surface area contributed by atoms with Crippen LogP contribution in [0.4, 0.5) is 0 Å². The summed E-state index contributed by atoms with van der Waals surface area (Å²) in [7, 11) is 3.23. The van der Waals surface area contributed by atoms with Gasteiger partial charge in [0, 0.05) is 12.5 Å². The highest BCUT2D eigenvalue weighted by atomic mass is 16.5. The first-order chi connectivity index (χ1) is 7.22. The van der Waals surface area contributed by atoms with Gasteiger partial charge in [0.2, 0.25) is 0 Å². The minimum absolute atomic E-state index is 0.170. The van der Waals surface area contributed by atoms with Crippen molar-refractivity contribution >= 4 is 6.29 Å². The summed E-state index contributed by atoms with van der Waals surface area (Å²) < 4.78 is 10.4. The Morgan fingerprint density at radius 2 is 2.07 bits per heavy atom. The van der Waals surface area contributed by atoms with E-state index < -0.39 is 0 Å². The number of methoxy groups -OCH3 is 2. The van der Waals surface area contributed by atoms with Crippen LogP contribution >= 0.6 is 0 Å². The Kier molecular flexibility index (Phi) is 4.16. The first-order valence-electron chi connectivity index (χ1n) is 4.88. The lowest BCUT2D eigenvalue weighted by Gasteiger charge is -2.14. The summed E-state index contributed by atoms with van der Waals surface area (Å²) in [6.45, 7) is 2.00. The van der Waals surface area contributed by atoms with E-state index in [2.05, 4.69) is 0 Å². The molecule has 0 amide bonds. The lowest BCUT2D eigenvalue weighted by Crippen LogP contribution is -1.99. The van der Waals surface area contributed by atoms with Gasteiger partial charge in [-0.15, -0.1) is 0 Å². The van der Waals surface area contributed by atoms with Crippen molar-refractivity contribution in [3.05, 3.63) is 23.8 Å². The molecule has 3 nitrogen and oxygen atoms in total. The van der Waals surface area contributed by atoms with Crippen LogP contribution in [-0.2, 0) is 4.79 Å². The summed E-state index contributed by atoms with van der Waals surface area (Å²) in [4.78, 5) is 10.4. The van der Waals surface area contributed by atoms with Gasteiger partial charge in [-0.3, -0.25) is 0 Å². The third kappa shape index (κ3) is 2.72. The van der Waals surface area contributed by atoms with Crippen molar-refractivity contribution in [3.8, 4) is 11.5 Å². The van der Waals surface area contributed by atoms with Crippen LogP contribution < -0.4 is 9.47 Å². The van der Waals surface area contributed by atoms with Crippen LogP contribution in [0, 0.1) is 0 Å². The molecule has 0 heterocycles. The number of ether oxygens (including phenoxy) is 2. The molecule has 0 aliphatic heterocycles. The zero-order valence-corrected chi connectivity index (χ0v) is 9.32. The van der Waals surface area contributed by atoms with Crippen LogP contribution in [0.2, 0.25) is 0 Å². The molecule has 0 saturated carbocycles. The van der Waals surface area contributed by atoms with Crippen molar-refractivity contribution in [1.29, 1.82) is 0 Å². The highest BCUT2D eigenvalue weighted by molar-refractivity contribution is 5.53. The Hall–Kier alpha value is -1.51. The van der Waals surface area contributed by atoms with Gasteiger partial charge < -0.3 is 14.3 Å². The molecular weight excluding hydrogens is 192 g/mol. The van der Waals surface area contributed by atoms with Gasteiger partial charge in [0.15, 0.2) is 0 Å². The minimum Gasteiger partial charge on any atom is -0.497 e. The average Bonchev–Trinajstić information content (AvgIpc) is 2.28. The molecule has 0 aliphatic rings. The van der Waals surface area contributed by atoms with Crippen LogP contribution in [0.1, 0.15) is 24.8 Å². The second kappa shape index (κ2) is 5.39. The molecule has 0 N–H and O–H groups in total. The van der Waals surface area contributed by atoms with Crippen molar-refractivity contribution in [2.45, 2.75) is 19.3 Å². The van der Waals surface area contributed by atoms with Crippen LogP contribution in [0.15, 0.2) is 18.2 Å². The first kappa shape index (κ1) is 11.6. The molecule has 1 unspecified atom stereocenters. The number of hydrogen-bond acceptors (Lipinski definition) is 3. The molecule has 0 aromatic heterocycles. The van der Waals surface area contributed by atoms with E-state index in [1.165, 1.54) is 0 Å². The second-order valence-corrected chi connectivity index (χ2v) is 3.41. The maximum absolute atomic E-state index is 10.4. The summed E-state index contributed by atoms with van der Waals surface area (Å²) in [5.41, 5.74) is 1.03. The molecule has 1 aromatic rings. The summed E-state index contributed by atoms with van der Waals surface area (Å²) in [6, 6.07) is 5.64. The second-order valence-electron chi connectivity index (χ2n) is 3.41. The fourth-order valence-electron chi connectivity index (χ4n) is 1.50. The van der Waals surface area contributed by atoms with E-state index in [-0.39, 0.29) is 5.92 Å². The molecule has 1 atom stereocenters. The van der Waals surface area contributed by atoms with Gasteiger partial charge in [0.25, 0.3) is 0 Å². The predicted octanol–water partition coefficient (Wildman–Crippen LogP) is 2.40. The molecule has 0 spiro atoms. The fraction of sp³-hybridized carbons (Fsp3) is 0.417. The molecule has 1 rings (SSSR count). The van der Waals surface area contributed by atoms with Gasteiger partial charge in [-0.25, -0.2) is 0 Å². The summed E-state index contributed by atoms with van der Waals surface area (Å²) in [5, 5.41) is 0. The summed E-state index contributed by atoms with van der Waals surface area (Å²) in [6.07, 6.45) is 1.43. The van der Waals surface area contributed by atoms with Crippen molar-refractivity contribution < 1.29 is 14.3 Å². The van der Waals surface area contributed by atoms with Gasteiger partial charge in [-0.2, -0.15) is 0 Å². The van der Waals surface area contributed by atoms with Gasteiger partial charge >= 0.3 is 0 Å². The molecule has 0 bridgehead atoms.